The molecule has 0 aliphatic carbocycles. The van der Waals surface area contributed by atoms with E-state index in [1.165, 1.54) is 12.8 Å². The lowest BCUT2D eigenvalue weighted by Crippen LogP contribution is -2.51. The maximum absolute atomic E-state index is 12.3. The van der Waals surface area contributed by atoms with Crippen molar-refractivity contribution in [1.29, 1.82) is 0 Å². The Balaban J connectivity index is 2.50. The SMILES string of the molecule is CCCC(C)N(C)C(=O)C1CC(CC)CCN1. The summed E-state index contributed by atoms with van der Waals surface area (Å²) >= 11 is 0. The molecule has 1 heterocycles. The molecule has 3 nitrogen and oxygen atoms in total. The van der Waals surface area contributed by atoms with E-state index in [1.54, 1.807) is 0 Å². The number of amides is 1. The van der Waals surface area contributed by atoms with Crippen LogP contribution in [0.2, 0.25) is 0 Å². The first-order valence-corrected chi connectivity index (χ1v) is 7.10. The van der Waals surface area contributed by atoms with Crippen molar-refractivity contribution >= 4 is 5.91 Å². The zero-order chi connectivity index (χ0) is 12.8. The summed E-state index contributed by atoms with van der Waals surface area (Å²) < 4.78 is 0. The number of nitrogens with zero attached hydrogens (tertiary/aromatic N) is 1. The third-order valence-electron chi connectivity index (χ3n) is 4.10. The van der Waals surface area contributed by atoms with Gasteiger partial charge in [0, 0.05) is 13.1 Å². The van der Waals surface area contributed by atoms with Gasteiger partial charge in [-0.1, -0.05) is 26.7 Å². The van der Waals surface area contributed by atoms with Gasteiger partial charge in [0.2, 0.25) is 5.91 Å². The first kappa shape index (κ1) is 14.5. The monoisotopic (exact) mass is 240 g/mol. The molecule has 3 heteroatoms. The van der Waals surface area contributed by atoms with E-state index in [2.05, 4.69) is 26.1 Å². The average molecular weight is 240 g/mol. The lowest BCUT2D eigenvalue weighted by Gasteiger charge is -2.34. The Morgan fingerprint density at radius 1 is 1.47 bits per heavy atom. The smallest absolute Gasteiger partial charge is 0.239 e. The molecule has 1 aliphatic heterocycles. The Morgan fingerprint density at radius 3 is 2.76 bits per heavy atom. The van der Waals surface area contributed by atoms with Gasteiger partial charge in [-0.15, -0.1) is 0 Å². The first-order chi connectivity index (χ1) is 8.10. The molecule has 17 heavy (non-hydrogen) atoms. The second kappa shape index (κ2) is 7.00. The lowest BCUT2D eigenvalue weighted by molar-refractivity contribution is -0.135. The zero-order valence-electron chi connectivity index (χ0n) is 11.8. The molecule has 0 aromatic rings. The van der Waals surface area contributed by atoms with E-state index in [4.69, 9.17) is 0 Å². The highest BCUT2D eigenvalue weighted by molar-refractivity contribution is 5.82. The van der Waals surface area contributed by atoms with Gasteiger partial charge in [-0.05, 0) is 38.6 Å². The predicted octanol–water partition coefficient (Wildman–Crippen LogP) is 2.41. The van der Waals surface area contributed by atoms with E-state index >= 15 is 0 Å². The highest BCUT2D eigenvalue weighted by Gasteiger charge is 2.29. The molecule has 100 valence electrons. The van der Waals surface area contributed by atoms with Crippen LogP contribution in [0.1, 0.15) is 52.9 Å². The fourth-order valence-electron chi connectivity index (χ4n) is 2.63. The molecule has 1 saturated heterocycles. The average Bonchev–Trinajstić information content (AvgIpc) is 2.37. The number of rotatable bonds is 5. The minimum atomic E-state index is 0.0537. The summed E-state index contributed by atoms with van der Waals surface area (Å²) in [5.74, 6) is 1.00. The van der Waals surface area contributed by atoms with Crippen LogP contribution in [0.25, 0.3) is 0 Å². The summed E-state index contributed by atoms with van der Waals surface area (Å²) in [5, 5.41) is 3.37. The van der Waals surface area contributed by atoms with Crippen molar-refractivity contribution < 1.29 is 4.79 Å². The van der Waals surface area contributed by atoms with Crippen molar-refractivity contribution in [3.05, 3.63) is 0 Å². The summed E-state index contributed by atoms with van der Waals surface area (Å²) in [6.07, 6.45) is 5.65. The molecule has 3 atom stereocenters. The van der Waals surface area contributed by atoms with E-state index in [9.17, 15) is 4.79 Å². The normalized spacial score (nSPS) is 26.6. The van der Waals surface area contributed by atoms with Gasteiger partial charge >= 0.3 is 0 Å². The topological polar surface area (TPSA) is 32.3 Å². The van der Waals surface area contributed by atoms with Crippen LogP contribution in [-0.2, 0) is 4.79 Å². The summed E-state index contributed by atoms with van der Waals surface area (Å²) in [6, 6.07) is 0.411. The number of likely N-dealkylation sites (N-methyl/N-ethyl adjacent to an activating group) is 1. The Bertz CT molecular complexity index is 242. The van der Waals surface area contributed by atoms with E-state index in [-0.39, 0.29) is 11.9 Å². The predicted molar refractivity (Wildman–Crippen MR) is 71.9 cm³/mol. The maximum atomic E-state index is 12.3. The summed E-state index contributed by atoms with van der Waals surface area (Å²) in [7, 11) is 1.94. The van der Waals surface area contributed by atoms with Crippen molar-refractivity contribution in [2.24, 2.45) is 5.92 Å². The second-order valence-corrected chi connectivity index (χ2v) is 5.39. The van der Waals surface area contributed by atoms with Gasteiger partial charge in [0.15, 0.2) is 0 Å². The highest BCUT2D eigenvalue weighted by atomic mass is 16.2. The Kier molecular flexibility index (Phi) is 5.96. The molecule has 1 amide bonds. The van der Waals surface area contributed by atoms with Crippen LogP contribution in [-0.4, -0.2) is 36.5 Å². The summed E-state index contributed by atoms with van der Waals surface area (Å²) in [4.78, 5) is 14.3. The maximum Gasteiger partial charge on any atom is 0.239 e. The van der Waals surface area contributed by atoms with Crippen molar-refractivity contribution in [1.82, 2.24) is 10.2 Å². The number of carbonyl (C=O) groups excluding carboxylic acids is 1. The van der Waals surface area contributed by atoms with Gasteiger partial charge in [0.25, 0.3) is 0 Å². The number of carbonyl (C=O) groups is 1. The summed E-state index contributed by atoms with van der Waals surface area (Å²) in [6.45, 7) is 7.52. The summed E-state index contributed by atoms with van der Waals surface area (Å²) in [5.41, 5.74) is 0. The Hall–Kier alpha value is -0.570. The molecular weight excluding hydrogens is 212 g/mol. The van der Waals surface area contributed by atoms with Crippen LogP contribution in [0.15, 0.2) is 0 Å². The molecule has 0 radical (unpaired) electrons. The van der Waals surface area contributed by atoms with Gasteiger partial charge in [0.1, 0.15) is 0 Å². The minimum absolute atomic E-state index is 0.0537. The molecule has 3 unspecified atom stereocenters. The largest absolute Gasteiger partial charge is 0.342 e. The standard InChI is InChI=1S/C14H28N2O/c1-5-7-11(3)16(4)14(17)13-10-12(6-2)8-9-15-13/h11-13,15H,5-10H2,1-4H3. The molecule has 0 aromatic carbocycles. The van der Waals surface area contributed by atoms with Crippen molar-refractivity contribution in [2.45, 2.75) is 65.0 Å². The van der Waals surface area contributed by atoms with E-state index in [0.29, 0.717) is 6.04 Å². The van der Waals surface area contributed by atoms with Crippen LogP contribution in [0.5, 0.6) is 0 Å². The zero-order valence-corrected chi connectivity index (χ0v) is 11.8. The van der Waals surface area contributed by atoms with E-state index < -0.39 is 0 Å². The number of hydrogen-bond donors (Lipinski definition) is 1. The van der Waals surface area contributed by atoms with E-state index in [1.807, 2.05) is 11.9 Å². The van der Waals surface area contributed by atoms with Crippen molar-refractivity contribution in [2.75, 3.05) is 13.6 Å². The van der Waals surface area contributed by atoms with Gasteiger partial charge in [-0.2, -0.15) is 0 Å². The number of nitrogens with one attached hydrogen (secondary N) is 1. The Morgan fingerprint density at radius 2 is 2.18 bits per heavy atom. The van der Waals surface area contributed by atoms with Crippen molar-refractivity contribution in [3.63, 3.8) is 0 Å². The van der Waals surface area contributed by atoms with Crippen LogP contribution in [0, 0.1) is 5.92 Å². The Labute approximate surface area is 106 Å². The van der Waals surface area contributed by atoms with Crippen molar-refractivity contribution in [3.8, 4) is 0 Å². The number of piperidine rings is 1. The van der Waals surface area contributed by atoms with Crippen LogP contribution < -0.4 is 5.32 Å². The molecular formula is C14H28N2O. The molecule has 1 fully saturated rings. The molecule has 1 rings (SSSR count). The molecule has 1 aliphatic rings. The molecule has 0 bridgehead atoms. The third-order valence-corrected chi connectivity index (χ3v) is 4.10. The number of hydrogen-bond acceptors (Lipinski definition) is 2. The van der Waals surface area contributed by atoms with Gasteiger partial charge in [0.05, 0.1) is 6.04 Å². The first-order valence-electron chi connectivity index (χ1n) is 7.10. The van der Waals surface area contributed by atoms with Gasteiger partial charge in [-0.3, -0.25) is 4.79 Å². The molecule has 0 spiro atoms. The third kappa shape index (κ3) is 3.98. The fraction of sp³-hybridized carbons (Fsp3) is 0.929. The molecule has 0 saturated carbocycles. The lowest BCUT2D eigenvalue weighted by atomic mass is 9.89. The minimum Gasteiger partial charge on any atom is -0.342 e. The van der Waals surface area contributed by atoms with Gasteiger partial charge in [-0.25, -0.2) is 0 Å². The van der Waals surface area contributed by atoms with Crippen LogP contribution in [0.4, 0.5) is 0 Å². The quantitative estimate of drug-likeness (QED) is 0.800. The van der Waals surface area contributed by atoms with Crippen LogP contribution >= 0.6 is 0 Å². The molecule has 0 aromatic heterocycles. The van der Waals surface area contributed by atoms with E-state index in [0.717, 1.165) is 31.7 Å². The highest BCUT2D eigenvalue weighted by Crippen LogP contribution is 2.21. The second-order valence-electron chi connectivity index (χ2n) is 5.39. The fourth-order valence-corrected chi connectivity index (χ4v) is 2.63. The molecule has 1 N–H and O–H groups in total. The van der Waals surface area contributed by atoms with Crippen LogP contribution in [0.3, 0.4) is 0 Å². The van der Waals surface area contributed by atoms with Gasteiger partial charge < -0.3 is 10.2 Å².